The number of hydrogen-bond acceptors (Lipinski definition) is 3. The van der Waals surface area contributed by atoms with Crippen molar-refractivity contribution in [1.82, 2.24) is 9.80 Å². The number of carbonyl (C=O) groups is 1. The van der Waals surface area contributed by atoms with Gasteiger partial charge in [0.25, 0.3) is 0 Å². The van der Waals surface area contributed by atoms with Gasteiger partial charge in [0.1, 0.15) is 5.82 Å². The molecule has 1 spiro atoms. The fourth-order valence-corrected chi connectivity index (χ4v) is 5.82. The quantitative estimate of drug-likeness (QED) is 0.744. The number of nitrogens with zero attached hydrogens (tertiary/aromatic N) is 2. The molecule has 2 aliphatic heterocycles. The number of halogens is 1. The molecule has 1 amide bonds. The average molecular weight is 423 g/mol. The Morgan fingerprint density at radius 1 is 1.00 bits per heavy atom. The molecule has 3 aliphatic rings. The molecule has 0 radical (unpaired) electrons. The maximum absolute atomic E-state index is 13.2. The van der Waals surface area contributed by atoms with Gasteiger partial charge in [0, 0.05) is 26.1 Å². The van der Waals surface area contributed by atoms with Gasteiger partial charge in [0.05, 0.1) is 13.2 Å². The van der Waals surface area contributed by atoms with E-state index in [9.17, 15) is 9.18 Å². The minimum atomic E-state index is -0.179. The van der Waals surface area contributed by atoms with E-state index in [1.54, 1.807) is 12.1 Å². The Bertz CT molecular complexity index is 915. The highest BCUT2D eigenvalue weighted by molar-refractivity contribution is 5.77. The Morgan fingerprint density at radius 2 is 1.71 bits per heavy atom. The molecule has 5 rings (SSSR count). The van der Waals surface area contributed by atoms with Crippen molar-refractivity contribution in [2.24, 2.45) is 0 Å². The Hall–Kier alpha value is -2.24. The Morgan fingerprint density at radius 3 is 2.45 bits per heavy atom. The molecule has 4 nitrogen and oxygen atoms in total. The van der Waals surface area contributed by atoms with Gasteiger partial charge in [-0.1, -0.05) is 36.4 Å². The molecule has 1 unspecified atom stereocenters. The van der Waals surface area contributed by atoms with E-state index in [1.807, 2.05) is 17.0 Å². The van der Waals surface area contributed by atoms with E-state index < -0.39 is 0 Å². The van der Waals surface area contributed by atoms with Crippen LogP contribution in [0, 0.1) is 5.82 Å². The van der Waals surface area contributed by atoms with E-state index in [0.717, 1.165) is 57.5 Å². The van der Waals surface area contributed by atoms with E-state index >= 15 is 0 Å². The first-order valence-electron chi connectivity index (χ1n) is 11.5. The smallest absolute Gasteiger partial charge is 0.223 e. The summed E-state index contributed by atoms with van der Waals surface area (Å²) in [6.45, 7) is 5.69. The summed E-state index contributed by atoms with van der Waals surface area (Å²) >= 11 is 0. The minimum Gasteiger partial charge on any atom is -0.378 e. The molecule has 5 heteroatoms. The number of carbonyl (C=O) groups excluding carboxylic acids is 1. The third-order valence-electron chi connectivity index (χ3n) is 7.53. The van der Waals surface area contributed by atoms with E-state index in [-0.39, 0.29) is 17.1 Å². The van der Waals surface area contributed by atoms with Crippen molar-refractivity contribution < 1.29 is 13.9 Å². The van der Waals surface area contributed by atoms with Crippen molar-refractivity contribution in [2.45, 2.75) is 43.6 Å². The summed E-state index contributed by atoms with van der Waals surface area (Å²) in [4.78, 5) is 17.4. The lowest BCUT2D eigenvalue weighted by Crippen LogP contribution is -2.42. The van der Waals surface area contributed by atoms with E-state index in [0.29, 0.717) is 25.6 Å². The summed E-state index contributed by atoms with van der Waals surface area (Å²) in [6.07, 6.45) is 3.92. The fraction of sp³-hybridized carbons (Fsp3) is 0.500. The Balaban J connectivity index is 1.26. The van der Waals surface area contributed by atoms with Crippen molar-refractivity contribution in [3.63, 3.8) is 0 Å². The van der Waals surface area contributed by atoms with Gasteiger partial charge in [-0.05, 0) is 72.5 Å². The number of piperidine rings is 1. The first-order valence-corrected chi connectivity index (χ1v) is 11.5. The highest BCUT2D eigenvalue weighted by Crippen LogP contribution is 2.52. The van der Waals surface area contributed by atoms with Gasteiger partial charge >= 0.3 is 0 Å². The molecule has 2 aromatic carbocycles. The third kappa shape index (κ3) is 4.26. The van der Waals surface area contributed by atoms with Crippen LogP contribution in [0.3, 0.4) is 0 Å². The molecule has 2 saturated heterocycles. The molecule has 1 atom stereocenters. The highest BCUT2D eigenvalue weighted by Gasteiger charge is 2.45. The lowest BCUT2D eigenvalue weighted by Gasteiger charge is -2.40. The largest absolute Gasteiger partial charge is 0.378 e. The Labute approximate surface area is 184 Å². The third-order valence-corrected chi connectivity index (χ3v) is 7.53. The number of ether oxygens (including phenoxy) is 1. The summed E-state index contributed by atoms with van der Waals surface area (Å²) in [7, 11) is 0. The topological polar surface area (TPSA) is 32.8 Å². The van der Waals surface area contributed by atoms with Crippen LogP contribution in [0.15, 0.2) is 48.5 Å². The molecule has 0 aromatic heterocycles. The fourth-order valence-electron chi connectivity index (χ4n) is 5.82. The lowest BCUT2D eigenvalue weighted by molar-refractivity contribution is -0.135. The molecule has 164 valence electrons. The van der Waals surface area contributed by atoms with Crippen molar-refractivity contribution in [2.75, 3.05) is 39.4 Å². The monoisotopic (exact) mass is 422 g/mol. The molecule has 0 bridgehead atoms. The van der Waals surface area contributed by atoms with Crippen LogP contribution in [0.1, 0.15) is 48.3 Å². The van der Waals surface area contributed by atoms with Crippen LogP contribution in [0.4, 0.5) is 4.39 Å². The maximum atomic E-state index is 13.2. The van der Waals surface area contributed by atoms with Crippen LogP contribution >= 0.6 is 0 Å². The summed E-state index contributed by atoms with van der Waals surface area (Å²) in [5.41, 5.74) is 4.21. The predicted molar refractivity (Wildman–Crippen MR) is 118 cm³/mol. The van der Waals surface area contributed by atoms with E-state index in [2.05, 4.69) is 29.2 Å². The molecule has 0 saturated carbocycles. The molecular formula is C26H31FN2O2. The van der Waals surface area contributed by atoms with Gasteiger partial charge in [0.2, 0.25) is 5.91 Å². The highest BCUT2D eigenvalue weighted by atomic mass is 19.1. The number of benzene rings is 2. The van der Waals surface area contributed by atoms with Gasteiger partial charge in [0.15, 0.2) is 0 Å². The lowest BCUT2D eigenvalue weighted by atomic mass is 9.73. The molecule has 2 fully saturated rings. The SMILES string of the molecule is O=C(CC1CC2(CCN(Cc3ccc(F)cc3)CC2)c2ccccc21)N1CCOCC1. The molecular weight excluding hydrogens is 391 g/mol. The van der Waals surface area contributed by atoms with Gasteiger partial charge < -0.3 is 9.64 Å². The second-order valence-electron chi connectivity index (χ2n) is 9.37. The van der Waals surface area contributed by atoms with Gasteiger partial charge in [-0.25, -0.2) is 4.39 Å². The zero-order valence-electron chi connectivity index (χ0n) is 18.1. The normalized spacial score (nSPS) is 23.1. The second kappa shape index (κ2) is 8.71. The van der Waals surface area contributed by atoms with Crippen LogP contribution in [0.25, 0.3) is 0 Å². The zero-order chi connectivity index (χ0) is 21.3. The van der Waals surface area contributed by atoms with Crippen molar-refractivity contribution in [3.05, 3.63) is 71.0 Å². The molecule has 2 heterocycles. The number of rotatable bonds is 4. The predicted octanol–water partition coefficient (Wildman–Crippen LogP) is 4.10. The van der Waals surface area contributed by atoms with Crippen LogP contribution in [0.5, 0.6) is 0 Å². The number of fused-ring (bicyclic) bond motifs is 2. The van der Waals surface area contributed by atoms with Crippen LogP contribution in [-0.4, -0.2) is 55.1 Å². The van der Waals surface area contributed by atoms with Crippen LogP contribution in [0.2, 0.25) is 0 Å². The zero-order valence-corrected chi connectivity index (χ0v) is 18.1. The molecule has 1 aliphatic carbocycles. The number of likely N-dealkylation sites (tertiary alicyclic amines) is 1. The number of amides is 1. The summed E-state index contributed by atoms with van der Waals surface area (Å²) < 4.78 is 18.6. The summed E-state index contributed by atoms with van der Waals surface area (Å²) in [5.74, 6) is 0.408. The molecule has 2 aromatic rings. The average Bonchev–Trinajstić information content (AvgIpc) is 3.11. The van der Waals surface area contributed by atoms with Crippen molar-refractivity contribution >= 4 is 5.91 Å². The van der Waals surface area contributed by atoms with Crippen molar-refractivity contribution in [3.8, 4) is 0 Å². The van der Waals surface area contributed by atoms with Crippen LogP contribution < -0.4 is 0 Å². The summed E-state index contributed by atoms with van der Waals surface area (Å²) in [6, 6.07) is 15.7. The van der Waals surface area contributed by atoms with E-state index in [4.69, 9.17) is 4.74 Å². The maximum Gasteiger partial charge on any atom is 0.223 e. The summed E-state index contributed by atoms with van der Waals surface area (Å²) in [5, 5.41) is 0. The molecule has 0 N–H and O–H groups in total. The first kappa shape index (κ1) is 20.7. The van der Waals surface area contributed by atoms with Gasteiger partial charge in [-0.3, -0.25) is 9.69 Å². The molecule has 31 heavy (non-hydrogen) atoms. The second-order valence-corrected chi connectivity index (χ2v) is 9.37. The number of hydrogen-bond donors (Lipinski definition) is 0. The van der Waals surface area contributed by atoms with E-state index in [1.165, 1.54) is 11.1 Å². The standard InChI is InChI=1S/C26H31FN2O2/c27-22-7-5-20(6-8-22)19-28-11-9-26(10-12-28)18-21(23-3-1-2-4-24(23)26)17-25(30)29-13-15-31-16-14-29/h1-8,21H,9-19H2. The minimum absolute atomic E-state index is 0.179. The van der Waals surface area contributed by atoms with Crippen LogP contribution in [-0.2, 0) is 21.5 Å². The van der Waals surface area contributed by atoms with Gasteiger partial charge in [-0.2, -0.15) is 0 Å². The first-order chi connectivity index (χ1) is 15.1. The number of morpholine rings is 1. The van der Waals surface area contributed by atoms with Gasteiger partial charge in [-0.15, -0.1) is 0 Å². The Kier molecular flexibility index (Phi) is 5.81. The van der Waals surface area contributed by atoms with Crippen molar-refractivity contribution in [1.29, 1.82) is 0 Å².